The van der Waals surface area contributed by atoms with E-state index in [1.165, 1.54) is 12.8 Å². The molecule has 24 heavy (non-hydrogen) atoms. The van der Waals surface area contributed by atoms with Gasteiger partial charge in [0.2, 0.25) is 0 Å². The largest absolute Gasteiger partial charge is 0.468 e. The SMILES string of the molecule is Cc1cc(CN(C)C(=O)NC[C@@H](c2ccco2)N2CCCC2)no1. The number of hydrogen-bond donors (Lipinski definition) is 1. The fraction of sp³-hybridized carbons (Fsp3) is 0.529. The summed E-state index contributed by atoms with van der Waals surface area (Å²) in [6, 6.07) is 5.64. The van der Waals surface area contributed by atoms with E-state index < -0.39 is 0 Å². The number of nitrogens with zero attached hydrogens (tertiary/aromatic N) is 3. The van der Waals surface area contributed by atoms with Gasteiger partial charge in [-0.05, 0) is 45.0 Å². The van der Waals surface area contributed by atoms with Crippen molar-refractivity contribution in [2.75, 3.05) is 26.7 Å². The third kappa shape index (κ3) is 3.97. The first-order chi connectivity index (χ1) is 11.6. The van der Waals surface area contributed by atoms with Crippen LogP contribution in [0, 0.1) is 6.92 Å². The van der Waals surface area contributed by atoms with Gasteiger partial charge in [0.15, 0.2) is 0 Å². The number of carbonyl (C=O) groups is 1. The summed E-state index contributed by atoms with van der Waals surface area (Å²) in [5.41, 5.74) is 0.743. The molecule has 2 amide bonds. The van der Waals surface area contributed by atoms with Crippen molar-refractivity contribution in [1.29, 1.82) is 0 Å². The van der Waals surface area contributed by atoms with Crippen molar-refractivity contribution in [3.05, 3.63) is 41.7 Å². The summed E-state index contributed by atoms with van der Waals surface area (Å²) in [4.78, 5) is 16.3. The van der Waals surface area contributed by atoms with Crippen molar-refractivity contribution in [3.8, 4) is 0 Å². The molecule has 0 saturated carbocycles. The van der Waals surface area contributed by atoms with E-state index in [1.54, 1.807) is 18.2 Å². The summed E-state index contributed by atoms with van der Waals surface area (Å²) in [7, 11) is 1.75. The van der Waals surface area contributed by atoms with E-state index in [-0.39, 0.29) is 12.1 Å². The first-order valence-electron chi connectivity index (χ1n) is 8.32. The molecule has 7 heteroatoms. The molecule has 2 aromatic rings. The summed E-state index contributed by atoms with van der Waals surface area (Å²) >= 11 is 0. The van der Waals surface area contributed by atoms with Crippen molar-refractivity contribution >= 4 is 6.03 Å². The highest BCUT2D eigenvalue weighted by atomic mass is 16.5. The molecule has 0 unspecified atom stereocenters. The second-order valence-corrected chi connectivity index (χ2v) is 6.25. The number of carbonyl (C=O) groups excluding carboxylic acids is 1. The lowest BCUT2D eigenvalue weighted by Crippen LogP contribution is -2.42. The quantitative estimate of drug-likeness (QED) is 0.880. The Bertz CT molecular complexity index is 647. The zero-order valence-electron chi connectivity index (χ0n) is 14.2. The van der Waals surface area contributed by atoms with Crippen LogP contribution in [0.4, 0.5) is 4.79 Å². The van der Waals surface area contributed by atoms with E-state index in [4.69, 9.17) is 8.94 Å². The van der Waals surface area contributed by atoms with E-state index in [1.807, 2.05) is 25.1 Å². The molecule has 7 nitrogen and oxygen atoms in total. The minimum atomic E-state index is -0.133. The molecular formula is C17H24N4O3. The molecule has 1 N–H and O–H groups in total. The molecule has 1 aliphatic heterocycles. The van der Waals surface area contributed by atoms with E-state index >= 15 is 0 Å². The summed E-state index contributed by atoms with van der Waals surface area (Å²) in [6.07, 6.45) is 4.06. The standard InChI is InChI=1S/C17H24N4O3/c1-13-10-14(19-24-13)12-20(2)17(22)18-11-15(16-6-5-9-23-16)21-7-3-4-8-21/h5-6,9-10,15H,3-4,7-8,11-12H2,1-2H3,(H,18,22)/t15-/m0/s1. The predicted octanol–water partition coefficient (Wildman–Crippen LogP) is 2.55. The van der Waals surface area contributed by atoms with Gasteiger partial charge in [-0.1, -0.05) is 5.16 Å². The minimum absolute atomic E-state index is 0.0779. The zero-order valence-corrected chi connectivity index (χ0v) is 14.2. The molecule has 2 aromatic heterocycles. The van der Waals surface area contributed by atoms with Crippen molar-refractivity contribution in [1.82, 2.24) is 20.3 Å². The van der Waals surface area contributed by atoms with Crippen LogP contribution >= 0.6 is 0 Å². The topological polar surface area (TPSA) is 74.8 Å². The van der Waals surface area contributed by atoms with Crippen LogP contribution in [0.3, 0.4) is 0 Å². The van der Waals surface area contributed by atoms with E-state index in [9.17, 15) is 4.79 Å². The van der Waals surface area contributed by atoms with Crippen molar-refractivity contribution < 1.29 is 13.7 Å². The van der Waals surface area contributed by atoms with Crippen LogP contribution in [0.2, 0.25) is 0 Å². The molecule has 1 aliphatic rings. The fourth-order valence-corrected chi connectivity index (χ4v) is 3.07. The highest BCUT2D eigenvalue weighted by Crippen LogP contribution is 2.24. The highest BCUT2D eigenvalue weighted by Gasteiger charge is 2.26. The number of aryl methyl sites for hydroxylation is 1. The highest BCUT2D eigenvalue weighted by molar-refractivity contribution is 5.73. The average molecular weight is 332 g/mol. The lowest BCUT2D eigenvalue weighted by molar-refractivity contribution is 0.186. The Balaban J connectivity index is 1.56. The third-order valence-corrected chi connectivity index (χ3v) is 4.32. The van der Waals surface area contributed by atoms with Crippen molar-refractivity contribution in [3.63, 3.8) is 0 Å². The van der Waals surface area contributed by atoms with Crippen LogP contribution in [0.15, 0.2) is 33.4 Å². The summed E-state index contributed by atoms with van der Waals surface area (Å²) in [5.74, 6) is 1.64. The number of likely N-dealkylation sites (tertiary alicyclic amines) is 1. The Morgan fingerprint density at radius 2 is 2.25 bits per heavy atom. The average Bonchev–Trinajstić information content (AvgIpc) is 3.30. The van der Waals surface area contributed by atoms with Crippen LogP contribution in [-0.2, 0) is 6.54 Å². The Morgan fingerprint density at radius 3 is 2.88 bits per heavy atom. The fourth-order valence-electron chi connectivity index (χ4n) is 3.07. The molecule has 1 atom stereocenters. The lowest BCUT2D eigenvalue weighted by atomic mass is 10.2. The third-order valence-electron chi connectivity index (χ3n) is 4.32. The molecule has 0 spiro atoms. The Hall–Kier alpha value is -2.28. The number of hydrogen-bond acceptors (Lipinski definition) is 5. The van der Waals surface area contributed by atoms with Gasteiger partial charge in [0, 0.05) is 19.7 Å². The Morgan fingerprint density at radius 1 is 1.46 bits per heavy atom. The maximum atomic E-state index is 12.4. The molecule has 1 fully saturated rings. The lowest BCUT2D eigenvalue weighted by Gasteiger charge is -2.27. The number of aromatic nitrogens is 1. The summed E-state index contributed by atoms with van der Waals surface area (Å²) in [5, 5.41) is 6.92. The monoisotopic (exact) mass is 332 g/mol. The van der Waals surface area contributed by atoms with Crippen LogP contribution in [0.1, 0.15) is 36.1 Å². The van der Waals surface area contributed by atoms with Gasteiger partial charge < -0.3 is 19.2 Å². The molecular weight excluding hydrogens is 308 g/mol. The van der Waals surface area contributed by atoms with Gasteiger partial charge in [-0.2, -0.15) is 0 Å². The molecule has 130 valence electrons. The van der Waals surface area contributed by atoms with Crippen LogP contribution in [0.25, 0.3) is 0 Å². The summed E-state index contributed by atoms with van der Waals surface area (Å²) in [6.45, 7) is 4.85. The molecule has 0 radical (unpaired) electrons. The normalized spacial score (nSPS) is 16.2. The number of nitrogens with one attached hydrogen (secondary N) is 1. The van der Waals surface area contributed by atoms with Crippen LogP contribution < -0.4 is 5.32 Å². The minimum Gasteiger partial charge on any atom is -0.468 e. The smallest absolute Gasteiger partial charge is 0.317 e. The maximum Gasteiger partial charge on any atom is 0.317 e. The molecule has 1 saturated heterocycles. The zero-order chi connectivity index (χ0) is 16.9. The van der Waals surface area contributed by atoms with Crippen LogP contribution in [0.5, 0.6) is 0 Å². The van der Waals surface area contributed by atoms with E-state index in [0.29, 0.717) is 13.1 Å². The molecule has 0 aromatic carbocycles. The number of amides is 2. The molecule has 3 heterocycles. The van der Waals surface area contributed by atoms with Crippen LogP contribution in [-0.4, -0.2) is 47.7 Å². The Kier molecular flexibility index (Phi) is 5.20. The van der Waals surface area contributed by atoms with E-state index in [0.717, 1.165) is 30.3 Å². The second-order valence-electron chi connectivity index (χ2n) is 6.25. The molecule has 0 bridgehead atoms. The van der Waals surface area contributed by atoms with Gasteiger partial charge in [0.25, 0.3) is 0 Å². The first kappa shape index (κ1) is 16.6. The van der Waals surface area contributed by atoms with Gasteiger partial charge >= 0.3 is 6.03 Å². The van der Waals surface area contributed by atoms with Crippen molar-refractivity contribution in [2.45, 2.75) is 32.4 Å². The predicted molar refractivity (Wildman–Crippen MR) is 88.4 cm³/mol. The summed E-state index contributed by atoms with van der Waals surface area (Å²) < 4.78 is 10.6. The number of urea groups is 1. The maximum absolute atomic E-state index is 12.4. The van der Waals surface area contributed by atoms with Gasteiger partial charge in [-0.25, -0.2) is 4.79 Å². The number of rotatable bonds is 6. The molecule has 3 rings (SSSR count). The van der Waals surface area contributed by atoms with Crippen molar-refractivity contribution in [2.24, 2.45) is 0 Å². The Labute approximate surface area is 141 Å². The van der Waals surface area contributed by atoms with Gasteiger partial charge in [-0.15, -0.1) is 0 Å². The first-order valence-corrected chi connectivity index (χ1v) is 8.32. The number of furan rings is 1. The molecule has 0 aliphatic carbocycles. The second kappa shape index (κ2) is 7.53. The van der Waals surface area contributed by atoms with Gasteiger partial charge in [-0.3, -0.25) is 4.90 Å². The van der Waals surface area contributed by atoms with Gasteiger partial charge in [0.05, 0.1) is 18.8 Å². The van der Waals surface area contributed by atoms with E-state index in [2.05, 4.69) is 15.4 Å². The van der Waals surface area contributed by atoms with Gasteiger partial charge in [0.1, 0.15) is 17.2 Å².